The summed E-state index contributed by atoms with van der Waals surface area (Å²) >= 11 is 0. The molecule has 8 heteroatoms. The Morgan fingerprint density at radius 1 is 0.972 bits per heavy atom. The number of anilines is 1. The van der Waals surface area contributed by atoms with E-state index in [0.29, 0.717) is 25.2 Å². The molecule has 1 atom stereocenters. The Morgan fingerprint density at radius 3 is 2.22 bits per heavy atom. The van der Waals surface area contributed by atoms with E-state index in [-0.39, 0.29) is 24.8 Å². The first-order valence-electron chi connectivity index (χ1n) is 12.6. The van der Waals surface area contributed by atoms with E-state index in [2.05, 4.69) is 12.2 Å². The Bertz CT molecular complexity index is 1130. The second-order valence-corrected chi connectivity index (χ2v) is 11.4. The fraction of sp³-hybridized carbons (Fsp3) is 0.500. The number of nitrogens with one attached hydrogen (secondary N) is 1. The van der Waals surface area contributed by atoms with Gasteiger partial charge in [0.15, 0.2) is 0 Å². The van der Waals surface area contributed by atoms with Gasteiger partial charge in [-0.05, 0) is 69.4 Å². The van der Waals surface area contributed by atoms with Gasteiger partial charge in [-0.25, -0.2) is 8.42 Å². The van der Waals surface area contributed by atoms with Crippen molar-refractivity contribution >= 4 is 27.5 Å². The lowest BCUT2D eigenvalue weighted by atomic mass is 10.1. The topological polar surface area (TPSA) is 86.8 Å². The first kappa shape index (κ1) is 29.4. The fourth-order valence-corrected chi connectivity index (χ4v) is 4.85. The largest absolute Gasteiger partial charge is 0.354 e. The molecule has 0 unspecified atom stereocenters. The SMILES string of the molecule is CCCCNC(=O)[C@@H](C)N(Cc1ccc(C)cc1)C(=O)CCCN(c1ccc(C)c(C)c1)S(C)(=O)=O. The van der Waals surface area contributed by atoms with E-state index in [0.717, 1.165) is 35.1 Å². The number of unbranched alkanes of at least 4 members (excludes halogenated alkanes) is 1. The number of hydrogen-bond acceptors (Lipinski definition) is 4. The van der Waals surface area contributed by atoms with Crippen LogP contribution in [-0.4, -0.2) is 50.5 Å². The third-order valence-corrected chi connectivity index (χ3v) is 7.60. The Labute approximate surface area is 216 Å². The third-order valence-electron chi connectivity index (χ3n) is 6.40. The molecule has 0 saturated carbocycles. The average molecular weight is 516 g/mol. The number of carbonyl (C=O) groups is 2. The molecule has 2 aromatic rings. The molecule has 0 aromatic heterocycles. The Kier molecular flexibility index (Phi) is 11.0. The number of hydrogen-bond donors (Lipinski definition) is 1. The smallest absolute Gasteiger partial charge is 0.242 e. The van der Waals surface area contributed by atoms with Crippen molar-refractivity contribution in [2.75, 3.05) is 23.7 Å². The highest BCUT2D eigenvalue weighted by atomic mass is 32.2. The van der Waals surface area contributed by atoms with Crippen LogP contribution in [0.25, 0.3) is 0 Å². The Hall–Kier alpha value is -2.87. The molecule has 2 amide bonds. The summed E-state index contributed by atoms with van der Waals surface area (Å²) in [4.78, 5) is 27.7. The number of benzene rings is 2. The second-order valence-electron chi connectivity index (χ2n) is 9.54. The maximum atomic E-state index is 13.3. The molecular formula is C28H41N3O4S. The normalized spacial score (nSPS) is 12.2. The number of sulfonamides is 1. The molecule has 0 heterocycles. The van der Waals surface area contributed by atoms with Gasteiger partial charge in [-0.2, -0.15) is 0 Å². The molecule has 2 rings (SSSR count). The van der Waals surface area contributed by atoms with Gasteiger partial charge in [-0.3, -0.25) is 13.9 Å². The van der Waals surface area contributed by atoms with Gasteiger partial charge in [0, 0.05) is 26.1 Å². The molecule has 0 bridgehead atoms. The number of nitrogens with zero attached hydrogens (tertiary/aromatic N) is 2. The van der Waals surface area contributed by atoms with Crippen LogP contribution >= 0.6 is 0 Å². The Morgan fingerprint density at radius 2 is 1.64 bits per heavy atom. The molecule has 0 aliphatic heterocycles. The van der Waals surface area contributed by atoms with Crippen molar-refractivity contribution in [3.05, 3.63) is 64.7 Å². The summed E-state index contributed by atoms with van der Waals surface area (Å²) < 4.78 is 26.4. The van der Waals surface area contributed by atoms with Crippen molar-refractivity contribution in [3.63, 3.8) is 0 Å². The van der Waals surface area contributed by atoms with E-state index in [4.69, 9.17) is 0 Å². The number of amides is 2. The van der Waals surface area contributed by atoms with Crippen LogP contribution in [0.3, 0.4) is 0 Å². The number of aryl methyl sites for hydroxylation is 3. The van der Waals surface area contributed by atoms with E-state index in [1.54, 1.807) is 17.9 Å². The molecule has 7 nitrogen and oxygen atoms in total. The molecule has 0 aliphatic rings. The molecule has 0 aliphatic carbocycles. The third kappa shape index (κ3) is 8.66. The highest BCUT2D eigenvalue weighted by Crippen LogP contribution is 2.22. The number of rotatable bonds is 13. The molecule has 1 N–H and O–H groups in total. The van der Waals surface area contributed by atoms with Crippen LogP contribution in [0.4, 0.5) is 5.69 Å². The molecule has 0 fully saturated rings. The highest BCUT2D eigenvalue weighted by molar-refractivity contribution is 7.92. The molecule has 0 saturated heterocycles. The standard InChI is InChI=1S/C28H41N3O4S/c1-7-8-17-29-28(33)24(5)30(20-25-14-11-21(2)12-15-25)27(32)10-9-18-31(36(6,34)35)26-16-13-22(3)23(4)19-26/h11-16,19,24H,7-10,17-18,20H2,1-6H3,(H,29,33)/t24-/m1/s1. The highest BCUT2D eigenvalue weighted by Gasteiger charge is 2.26. The molecule has 0 radical (unpaired) electrons. The van der Waals surface area contributed by atoms with Crippen molar-refractivity contribution < 1.29 is 18.0 Å². The maximum absolute atomic E-state index is 13.3. The quantitative estimate of drug-likeness (QED) is 0.398. The van der Waals surface area contributed by atoms with Gasteiger partial charge in [0.1, 0.15) is 6.04 Å². The lowest BCUT2D eigenvalue weighted by Gasteiger charge is -2.29. The van der Waals surface area contributed by atoms with Crippen molar-refractivity contribution in [2.45, 2.75) is 72.9 Å². The minimum absolute atomic E-state index is 0.134. The van der Waals surface area contributed by atoms with E-state index in [9.17, 15) is 18.0 Å². The summed E-state index contributed by atoms with van der Waals surface area (Å²) in [7, 11) is -3.52. The van der Waals surface area contributed by atoms with Gasteiger partial charge in [0.2, 0.25) is 21.8 Å². The summed E-state index contributed by atoms with van der Waals surface area (Å²) in [6.45, 7) is 10.8. The van der Waals surface area contributed by atoms with E-state index < -0.39 is 16.1 Å². The van der Waals surface area contributed by atoms with Crippen molar-refractivity contribution in [1.29, 1.82) is 0 Å². The zero-order chi connectivity index (χ0) is 26.9. The monoisotopic (exact) mass is 515 g/mol. The summed E-state index contributed by atoms with van der Waals surface area (Å²) in [6, 6.07) is 12.8. The molecule has 36 heavy (non-hydrogen) atoms. The molecule has 2 aromatic carbocycles. The van der Waals surface area contributed by atoms with Crippen LogP contribution in [0.1, 0.15) is 61.8 Å². The van der Waals surface area contributed by atoms with E-state index >= 15 is 0 Å². The minimum Gasteiger partial charge on any atom is -0.354 e. The number of carbonyl (C=O) groups excluding carboxylic acids is 2. The zero-order valence-corrected chi connectivity index (χ0v) is 23.3. The van der Waals surface area contributed by atoms with Crippen molar-refractivity contribution in [2.24, 2.45) is 0 Å². The van der Waals surface area contributed by atoms with E-state index in [1.807, 2.05) is 57.2 Å². The molecular weight excluding hydrogens is 474 g/mol. The lowest BCUT2D eigenvalue weighted by molar-refractivity contribution is -0.140. The van der Waals surface area contributed by atoms with Crippen LogP contribution in [0.2, 0.25) is 0 Å². The predicted octanol–water partition coefficient (Wildman–Crippen LogP) is 4.49. The van der Waals surface area contributed by atoms with Gasteiger partial charge in [-0.15, -0.1) is 0 Å². The average Bonchev–Trinajstić information content (AvgIpc) is 2.82. The van der Waals surface area contributed by atoms with Crippen LogP contribution < -0.4 is 9.62 Å². The fourth-order valence-electron chi connectivity index (χ4n) is 3.89. The summed E-state index contributed by atoms with van der Waals surface area (Å²) in [6.07, 6.45) is 3.50. The van der Waals surface area contributed by atoms with Gasteiger partial charge in [-0.1, -0.05) is 49.2 Å². The first-order chi connectivity index (χ1) is 16.9. The second kappa shape index (κ2) is 13.4. The van der Waals surface area contributed by atoms with Crippen molar-refractivity contribution in [1.82, 2.24) is 10.2 Å². The predicted molar refractivity (Wildman–Crippen MR) is 146 cm³/mol. The Balaban J connectivity index is 2.15. The van der Waals surface area contributed by atoms with Crippen LogP contribution in [0.5, 0.6) is 0 Å². The minimum atomic E-state index is -3.52. The summed E-state index contributed by atoms with van der Waals surface area (Å²) in [5.41, 5.74) is 4.74. The first-order valence-corrected chi connectivity index (χ1v) is 14.5. The van der Waals surface area contributed by atoms with Crippen molar-refractivity contribution in [3.8, 4) is 0 Å². The summed E-state index contributed by atoms with van der Waals surface area (Å²) in [5, 5.41) is 2.92. The van der Waals surface area contributed by atoms with Gasteiger partial charge in [0.05, 0.1) is 11.9 Å². The van der Waals surface area contributed by atoms with E-state index in [1.165, 1.54) is 10.6 Å². The molecule has 198 valence electrons. The van der Waals surface area contributed by atoms with Gasteiger partial charge >= 0.3 is 0 Å². The lowest BCUT2D eigenvalue weighted by Crippen LogP contribution is -2.48. The van der Waals surface area contributed by atoms with Gasteiger partial charge < -0.3 is 10.2 Å². The zero-order valence-electron chi connectivity index (χ0n) is 22.5. The van der Waals surface area contributed by atoms with Crippen LogP contribution in [0.15, 0.2) is 42.5 Å². The van der Waals surface area contributed by atoms with Gasteiger partial charge in [0.25, 0.3) is 0 Å². The van der Waals surface area contributed by atoms with Crippen LogP contribution in [0, 0.1) is 20.8 Å². The molecule has 0 spiro atoms. The maximum Gasteiger partial charge on any atom is 0.242 e. The summed E-state index contributed by atoms with van der Waals surface area (Å²) in [5.74, 6) is -0.362. The van der Waals surface area contributed by atoms with Crippen LogP contribution in [-0.2, 0) is 26.2 Å².